The van der Waals surface area contributed by atoms with Crippen molar-refractivity contribution < 1.29 is 14.3 Å². The van der Waals surface area contributed by atoms with Gasteiger partial charge in [-0.15, -0.1) is 0 Å². The summed E-state index contributed by atoms with van der Waals surface area (Å²) in [7, 11) is 3.12. The maximum Gasteiger partial charge on any atom is 0.275 e. The van der Waals surface area contributed by atoms with E-state index in [9.17, 15) is 10.1 Å². The van der Waals surface area contributed by atoms with E-state index in [0.29, 0.717) is 22.6 Å². The Labute approximate surface area is 181 Å². The molecular weight excluding hydrogens is 390 g/mol. The number of hydrogen-bond donors (Lipinski definition) is 0. The van der Waals surface area contributed by atoms with E-state index >= 15 is 0 Å². The third kappa shape index (κ3) is 3.40. The second-order valence-electron chi connectivity index (χ2n) is 7.12. The van der Waals surface area contributed by atoms with Crippen LogP contribution in [-0.2, 0) is 12.0 Å². The van der Waals surface area contributed by atoms with Gasteiger partial charge in [-0.1, -0.05) is 54.6 Å². The zero-order valence-corrected chi connectivity index (χ0v) is 17.3. The van der Waals surface area contributed by atoms with Crippen LogP contribution in [-0.4, -0.2) is 31.4 Å². The molecule has 0 fully saturated rings. The Kier molecular flexibility index (Phi) is 5.42. The van der Waals surface area contributed by atoms with Gasteiger partial charge in [0.1, 0.15) is 0 Å². The van der Waals surface area contributed by atoms with Crippen LogP contribution in [0.1, 0.15) is 27.0 Å². The molecule has 1 aliphatic rings. The van der Waals surface area contributed by atoms with Crippen molar-refractivity contribution in [3.05, 3.63) is 95.1 Å². The summed E-state index contributed by atoms with van der Waals surface area (Å²) in [4.78, 5) is 13.5. The first-order chi connectivity index (χ1) is 15.1. The van der Waals surface area contributed by atoms with Gasteiger partial charge in [0.05, 0.1) is 26.5 Å². The van der Waals surface area contributed by atoms with E-state index < -0.39 is 5.54 Å². The largest absolute Gasteiger partial charge is 0.493 e. The summed E-state index contributed by atoms with van der Waals surface area (Å²) >= 11 is 0. The molecule has 1 atom stereocenters. The lowest BCUT2D eigenvalue weighted by molar-refractivity contribution is 0.0577. The number of hydrogen-bond acceptors (Lipinski definition) is 5. The highest BCUT2D eigenvalue weighted by Crippen LogP contribution is 2.41. The van der Waals surface area contributed by atoms with Gasteiger partial charge in [0.15, 0.2) is 17.0 Å². The minimum Gasteiger partial charge on any atom is -0.493 e. The number of nitriles is 1. The molecular formula is C25H21N3O3. The molecule has 0 aromatic heterocycles. The van der Waals surface area contributed by atoms with Gasteiger partial charge >= 0.3 is 0 Å². The molecule has 31 heavy (non-hydrogen) atoms. The molecule has 0 aliphatic carbocycles. The van der Waals surface area contributed by atoms with Crippen LogP contribution >= 0.6 is 0 Å². The molecule has 6 heteroatoms. The number of amides is 1. The summed E-state index contributed by atoms with van der Waals surface area (Å²) in [5.41, 5.74) is 1.33. The molecule has 0 bridgehead atoms. The summed E-state index contributed by atoms with van der Waals surface area (Å²) in [5.74, 6) is 0.732. The molecule has 0 saturated heterocycles. The topological polar surface area (TPSA) is 74.9 Å². The van der Waals surface area contributed by atoms with Gasteiger partial charge in [-0.05, 0) is 18.2 Å². The van der Waals surface area contributed by atoms with Gasteiger partial charge < -0.3 is 9.47 Å². The van der Waals surface area contributed by atoms with Crippen molar-refractivity contribution >= 4 is 12.1 Å². The SMILES string of the molecule is COc1cccc(CC2(C#N)c3ccccc3C=NN2C(=O)c2ccccc2)c1OC. The molecule has 0 spiro atoms. The highest BCUT2D eigenvalue weighted by atomic mass is 16.5. The predicted molar refractivity (Wildman–Crippen MR) is 117 cm³/mol. The molecule has 1 aliphatic heterocycles. The lowest BCUT2D eigenvalue weighted by Crippen LogP contribution is -2.49. The highest BCUT2D eigenvalue weighted by molar-refractivity contribution is 5.97. The van der Waals surface area contributed by atoms with Crippen molar-refractivity contribution in [3.8, 4) is 17.6 Å². The van der Waals surface area contributed by atoms with Crippen molar-refractivity contribution in [2.45, 2.75) is 12.0 Å². The minimum atomic E-state index is -1.36. The third-order valence-corrected chi connectivity index (χ3v) is 5.41. The van der Waals surface area contributed by atoms with E-state index in [1.165, 1.54) is 5.01 Å². The van der Waals surface area contributed by atoms with Crippen LogP contribution in [0, 0.1) is 11.3 Å². The Bertz CT molecular complexity index is 1180. The Morgan fingerprint density at radius 2 is 1.74 bits per heavy atom. The molecule has 1 amide bonds. The quantitative estimate of drug-likeness (QED) is 0.632. The predicted octanol–water partition coefficient (Wildman–Crippen LogP) is 4.16. The van der Waals surface area contributed by atoms with Crippen molar-refractivity contribution in [1.29, 1.82) is 5.26 Å². The number of nitrogens with zero attached hydrogens (tertiary/aromatic N) is 3. The molecule has 3 aromatic carbocycles. The standard InChI is InChI=1S/C25H21N3O3/c1-30-22-14-8-12-19(23(22)31-2)15-25(17-26)21-13-7-6-11-20(21)16-27-28(25)24(29)18-9-4-3-5-10-18/h3-14,16H,15H2,1-2H3. The zero-order chi connectivity index (χ0) is 21.8. The fourth-order valence-electron chi connectivity index (χ4n) is 3.93. The van der Waals surface area contributed by atoms with Crippen LogP contribution in [0.3, 0.4) is 0 Å². The van der Waals surface area contributed by atoms with Crippen LogP contribution < -0.4 is 9.47 Å². The molecule has 0 saturated carbocycles. The van der Waals surface area contributed by atoms with Gasteiger partial charge in [0, 0.05) is 28.7 Å². The number of methoxy groups -OCH3 is 2. The molecule has 3 aromatic rings. The summed E-state index contributed by atoms with van der Waals surface area (Å²) in [6.45, 7) is 0. The van der Waals surface area contributed by atoms with Crippen LogP contribution in [0.4, 0.5) is 0 Å². The van der Waals surface area contributed by atoms with Crippen molar-refractivity contribution in [2.24, 2.45) is 5.10 Å². The molecule has 4 rings (SSSR count). The summed E-state index contributed by atoms with van der Waals surface area (Å²) in [5, 5.41) is 16.2. The van der Waals surface area contributed by atoms with Gasteiger partial charge in [0.25, 0.3) is 5.91 Å². The second kappa shape index (κ2) is 8.33. The second-order valence-corrected chi connectivity index (χ2v) is 7.12. The van der Waals surface area contributed by atoms with E-state index in [-0.39, 0.29) is 12.3 Å². The number of fused-ring (bicyclic) bond motifs is 1. The first-order valence-electron chi connectivity index (χ1n) is 9.79. The molecule has 1 heterocycles. The van der Waals surface area contributed by atoms with Crippen LogP contribution in [0.2, 0.25) is 0 Å². The van der Waals surface area contributed by atoms with Crippen LogP contribution in [0.15, 0.2) is 77.9 Å². The van der Waals surface area contributed by atoms with Crippen LogP contribution in [0.25, 0.3) is 0 Å². The zero-order valence-electron chi connectivity index (χ0n) is 17.3. The maximum atomic E-state index is 13.5. The Hall–Kier alpha value is -4.11. The lowest BCUT2D eigenvalue weighted by Gasteiger charge is -2.39. The smallest absolute Gasteiger partial charge is 0.275 e. The van der Waals surface area contributed by atoms with Gasteiger partial charge in [0.2, 0.25) is 0 Å². The number of rotatable bonds is 5. The highest BCUT2D eigenvalue weighted by Gasteiger charge is 2.46. The van der Waals surface area contributed by atoms with E-state index in [2.05, 4.69) is 11.2 Å². The Morgan fingerprint density at radius 1 is 1.00 bits per heavy atom. The lowest BCUT2D eigenvalue weighted by atomic mass is 9.80. The maximum absolute atomic E-state index is 13.5. The van der Waals surface area contributed by atoms with E-state index in [1.54, 1.807) is 50.8 Å². The number of ether oxygens (including phenoxy) is 2. The normalized spacial score (nSPS) is 16.9. The van der Waals surface area contributed by atoms with Crippen molar-refractivity contribution in [1.82, 2.24) is 5.01 Å². The molecule has 0 N–H and O–H groups in total. The van der Waals surface area contributed by atoms with Crippen molar-refractivity contribution in [2.75, 3.05) is 14.2 Å². The first kappa shape index (κ1) is 20.2. The van der Waals surface area contributed by atoms with E-state index in [0.717, 1.165) is 11.1 Å². The van der Waals surface area contributed by atoms with Crippen molar-refractivity contribution in [3.63, 3.8) is 0 Å². The summed E-state index contributed by atoms with van der Waals surface area (Å²) in [6.07, 6.45) is 1.80. The fraction of sp³-hybridized carbons (Fsp3) is 0.160. The summed E-state index contributed by atoms with van der Waals surface area (Å²) < 4.78 is 11.0. The third-order valence-electron chi connectivity index (χ3n) is 5.41. The Morgan fingerprint density at radius 3 is 2.45 bits per heavy atom. The van der Waals surface area contributed by atoms with Crippen LogP contribution in [0.5, 0.6) is 11.5 Å². The van der Waals surface area contributed by atoms with E-state index in [1.807, 2.05) is 42.5 Å². The number of para-hydroxylation sites is 1. The Balaban J connectivity index is 1.90. The average Bonchev–Trinajstić information content (AvgIpc) is 2.84. The first-order valence-corrected chi connectivity index (χ1v) is 9.79. The van der Waals surface area contributed by atoms with E-state index in [4.69, 9.17) is 9.47 Å². The molecule has 0 radical (unpaired) electrons. The fourth-order valence-corrected chi connectivity index (χ4v) is 3.93. The molecule has 154 valence electrons. The number of benzene rings is 3. The van der Waals surface area contributed by atoms with Gasteiger partial charge in [-0.25, -0.2) is 5.01 Å². The minimum absolute atomic E-state index is 0.177. The number of hydrazone groups is 1. The van der Waals surface area contributed by atoms with Gasteiger partial charge in [-0.3, -0.25) is 4.79 Å². The number of carbonyl (C=O) groups is 1. The molecule has 6 nitrogen and oxygen atoms in total. The monoisotopic (exact) mass is 411 g/mol. The van der Waals surface area contributed by atoms with Gasteiger partial charge in [-0.2, -0.15) is 10.4 Å². The number of carbonyl (C=O) groups excluding carboxylic acids is 1. The average molecular weight is 411 g/mol. The summed E-state index contributed by atoms with van der Waals surface area (Å²) in [6, 6.07) is 24.2. The molecule has 1 unspecified atom stereocenters.